The van der Waals surface area contributed by atoms with Crippen molar-refractivity contribution in [3.8, 4) is 0 Å². The number of nitrogens with one attached hydrogen (secondary N) is 2. The Morgan fingerprint density at radius 1 is 1.24 bits per heavy atom. The number of carbonyl (C=O) groups excluding carboxylic acids is 1. The van der Waals surface area contributed by atoms with Crippen LogP contribution in [-0.2, 0) is 6.42 Å². The normalized spacial score (nSPS) is 10.2. The number of hydrogen-bond acceptors (Lipinski definition) is 4. The summed E-state index contributed by atoms with van der Waals surface area (Å²) >= 11 is 0. The Morgan fingerprint density at radius 2 is 2.10 bits per heavy atom. The molecule has 0 fully saturated rings. The minimum Gasteiger partial charge on any atom is -0.396 e. The zero-order valence-corrected chi connectivity index (χ0v) is 12.0. The summed E-state index contributed by atoms with van der Waals surface area (Å²) in [6.45, 7) is 0.164. The topological polar surface area (TPSA) is 74.2 Å². The molecule has 2 aromatic rings. The van der Waals surface area contributed by atoms with Gasteiger partial charge in [0.1, 0.15) is 5.69 Å². The Morgan fingerprint density at radius 3 is 2.86 bits per heavy atom. The van der Waals surface area contributed by atoms with Crippen molar-refractivity contribution in [3.63, 3.8) is 0 Å². The summed E-state index contributed by atoms with van der Waals surface area (Å²) in [5, 5.41) is 14.7. The van der Waals surface area contributed by atoms with E-state index in [0.29, 0.717) is 12.1 Å². The highest BCUT2D eigenvalue weighted by atomic mass is 16.2. The maximum Gasteiger partial charge on any atom is 0.274 e. The zero-order chi connectivity index (χ0) is 15.1. The van der Waals surface area contributed by atoms with Gasteiger partial charge in [-0.3, -0.25) is 9.78 Å². The molecule has 1 heterocycles. The van der Waals surface area contributed by atoms with Crippen LogP contribution in [0.4, 0.5) is 11.4 Å². The predicted molar refractivity (Wildman–Crippen MR) is 83.6 cm³/mol. The van der Waals surface area contributed by atoms with E-state index in [-0.39, 0.29) is 12.5 Å². The van der Waals surface area contributed by atoms with Gasteiger partial charge in [-0.2, -0.15) is 0 Å². The summed E-state index contributed by atoms with van der Waals surface area (Å²) in [5.74, 6) is -0.244. The molecule has 0 unspecified atom stereocenters. The third-order valence-corrected chi connectivity index (χ3v) is 3.09. The van der Waals surface area contributed by atoms with E-state index in [9.17, 15) is 4.79 Å². The van der Waals surface area contributed by atoms with Crippen molar-refractivity contribution in [1.82, 2.24) is 4.98 Å². The number of nitrogens with zero attached hydrogens (tertiary/aromatic N) is 1. The van der Waals surface area contributed by atoms with Gasteiger partial charge in [0.05, 0.1) is 0 Å². The van der Waals surface area contributed by atoms with E-state index in [1.54, 1.807) is 25.4 Å². The van der Waals surface area contributed by atoms with E-state index in [1.165, 1.54) is 0 Å². The third kappa shape index (κ3) is 4.29. The smallest absolute Gasteiger partial charge is 0.274 e. The molecule has 3 N–H and O–H groups in total. The summed E-state index contributed by atoms with van der Waals surface area (Å²) in [4.78, 5) is 16.2. The van der Waals surface area contributed by atoms with Crippen molar-refractivity contribution in [2.24, 2.45) is 0 Å². The lowest BCUT2D eigenvalue weighted by Gasteiger charge is -2.08. The maximum absolute atomic E-state index is 12.2. The van der Waals surface area contributed by atoms with Gasteiger partial charge in [0, 0.05) is 31.2 Å². The van der Waals surface area contributed by atoms with Crippen molar-refractivity contribution in [2.45, 2.75) is 12.8 Å². The highest BCUT2D eigenvalue weighted by molar-refractivity contribution is 6.03. The highest BCUT2D eigenvalue weighted by Gasteiger charge is 2.08. The van der Waals surface area contributed by atoms with E-state index < -0.39 is 0 Å². The second-order valence-corrected chi connectivity index (χ2v) is 4.66. The Hall–Kier alpha value is -2.40. The van der Waals surface area contributed by atoms with E-state index in [2.05, 4.69) is 15.6 Å². The number of anilines is 2. The van der Waals surface area contributed by atoms with Crippen molar-refractivity contribution < 1.29 is 9.90 Å². The maximum atomic E-state index is 12.2. The number of pyridine rings is 1. The lowest BCUT2D eigenvalue weighted by atomic mass is 10.1. The molecule has 1 aromatic heterocycles. The molecule has 5 heteroatoms. The second-order valence-electron chi connectivity index (χ2n) is 4.66. The second kappa shape index (κ2) is 7.40. The van der Waals surface area contributed by atoms with Crippen LogP contribution in [0, 0.1) is 0 Å². The van der Waals surface area contributed by atoms with Gasteiger partial charge in [-0.05, 0) is 42.7 Å². The average Bonchev–Trinajstić information content (AvgIpc) is 2.53. The van der Waals surface area contributed by atoms with E-state index in [1.807, 2.05) is 24.3 Å². The first-order valence-corrected chi connectivity index (χ1v) is 6.88. The van der Waals surface area contributed by atoms with E-state index in [4.69, 9.17) is 5.11 Å². The van der Waals surface area contributed by atoms with Gasteiger partial charge < -0.3 is 15.7 Å². The molecule has 110 valence electrons. The first-order valence-electron chi connectivity index (χ1n) is 6.88. The molecule has 0 aliphatic heterocycles. The molecule has 1 aromatic carbocycles. The number of aryl methyl sites for hydroxylation is 1. The number of benzene rings is 1. The highest BCUT2D eigenvalue weighted by Crippen LogP contribution is 2.14. The average molecular weight is 285 g/mol. The number of aliphatic hydroxyl groups is 1. The number of aliphatic hydroxyl groups excluding tert-OH is 1. The number of carbonyl (C=O) groups is 1. The Balaban J connectivity index is 2.08. The van der Waals surface area contributed by atoms with Gasteiger partial charge in [-0.25, -0.2) is 0 Å². The number of hydrogen-bond donors (Lipinski definition) is 3. The van der Waals surface area contributed by atoms with E-state index >= 15 is 0 Å². The first-order chi connectivity index (χ1) is 10.2. The molecular weight excluding hydrogens is 266 g/mol. The van der Waals surface area contributed by atoms with Gasteiger partial charge in [0.2, 0.25) is 0 Å². The van der Waals surface area contributed by atoms with Gasteiger partial charge in [0.15, 0.2) is 0 Å². The first kappa shape index (κ1) is 15.0. The molecule has 1 amide bonds. The third-order valence-electron chi connectivity index (χ3n) is 3.09. The summed E-state index contributed by atoms with van der Waals surface area (Å²) in [7, 11) is 1.79. The molecule has 5 nitrogen and oxygen atoms in total. The van der Waals surface area contributed by atoms with Crippen molar-refractivity contribution in [1.29, 1.82) is 0 Å². The van der Waals surface area contributed by atoms with Crippen LogP contribution in [0.15, 0.2) is 42.6 Å². The van der Waals surface area contributed by atoms with Crippen LogP contribution in [0.1, 0.15) is 22.5 Å². The summed E-state index contributed by atoms with van der Waals surface area (Å²) < 4.78 is 0. The van der Waals surface area contributed by atoms with Crippen LogP contribution in [0.3, 0.4) is 0 Å². The predicted octanol–water partition coefficient (Wildman–Crippen LogP) is 2.30. The van der Waals surface area contributed by atoms with Gasteiger partial charge in [-0.1, -0.05) is 12.1 Å². The van der Waals surface area contributed by atoms with Gasteiger partial charge in [0.25, 0.3) is 5.91 Å². The number of amides is 1. The Kier molecular flexibility index (Phi) is 5.29. The lowest BCUT2D eigenvalue weighted by molar-refractivity contribution is 0.102. The van der Waals surface area contributed by atoms with Crippen LogP contribution >= 0.6 is 0 Å². The van der Waals surface area contributed by atoms with Crippen molar-refractivity contribution in [2.75, 3.05) is 24.3 Å². The molecular formula is C16H19N3O2. The minimum absolute atomic E-state index is 0.164. The molecule has 0 aliphatic rings. The molecule has 0 aliphatic carbocycles. The molecule has 2 rings (SSSR count). The Labute approximate surface area is 124 Å². The standard InChI is InChI=1S/C16H19N3O2/c1-17-13-7-8-18-15(11-13)16(21)19-14-6-2-4-12(10-14)5-3-9-20/h2,4,6-8,10-11,20H,3,5,9H2,1H3,(H,17,18)(H,19,21). The fourth-order valence-electron chi connectivity index (χ4n) is 1.99. The molecule has 21 heavy (non-hydrogen) atoms. The van der Waals surface area contributed by atoms with Gasteiger partial charge in [-0.15, -0.1) is 0 Å². The fraction of sp³-hybridized carbons (Fsp3) is 0.250. The molecule has 0 atom stereocenters. The Bertz CT molecular complexity index is 614. The zero-order valence-electron chi connectivity index (χ0n) is 12.0. The van der Waals surface area contributed by atoms with E-state index in [0.717, 1.165) is 23.4 Å². The van der Waals surface area contributed by atoms with Gasteiger partial charge >= 0.3 is 0 Å². The van der Waals surface area contributed by atoms with Crippen LogP contribution < -0.4 is 10.6 Å². The molecule has 0 spiro atoms. The summed E-state index contributed by atoms with van der Waals surface area (Å²) in [6.07, 6.45) is 3.09. The molecule has 0 saturated heterocycles. The largest absolute Gasteiger partial charge is 0.396 e. The lowest BCUT2D eigenvalue weighted by Crippen LogP contribution is -2.14. The van der Waals surface area contributed by atoms with Crippen LogP contribution in [0.2, 0.25) is 0 Å². The fourth-order valence-corrected chi connectivity index (χ4v) is 1.99. The SMILES string of the molecule is CNc1ccnc(C(=O)Nc2cccc(CCCO)c2)c1. The summed E-state index contributed by atoms with van der Waals surface area (Å²) in [5.41, 5.74) is 3.01. The molecule has 0 bridgehead atoms. The number of aromatic nitrogens is 1. The summed E-state index contributed by atoms with van der Waals surface area (Å²) in [6, 6.07) is 11.1. The number of rotatable bonds is 6. The van der Waals surface area contributed by atoms with Crippen LogP contribution in [0.5, 0.6) is 0 Å². The molecule has 0 radical (unpaired) electrons. The van der Waals surface area contributed by atoms with Crippen molar-refractivity contribution >= 4 is 17.3 Å². The monoisotopic (exact) mass is 285 g/mol. The van der Waals surface area contributed by atoms with Crippen molar-refractivity contribution in [3.05, 3.63) is 53.9 Å². The molecule has 0 saturated carbocycles. The van der Waals surface area contributed by atoms with Crippen LogP contribution in [-0.4, -0.2) is 29.7 Å². The quantitative estimate of drug-likeness (QED) is 0.761. The van der Waals surface area contributed by atoms with Crippen LogP contribution in [0.25, 0.3) is 0 Å². The minimum atomic E-state index is -0.244.